The fourth-order valence-electron chi connectivity index (χ4n) is 2.91. The minimum atomic E-state index is -4.55. The highest BCUT2D eigenvalue weighted by molar-refractivity contribution is 5.95. The predicted octanol–water partition coefficient (Wildman–Crippen LogP) is 5.20. The number of carbonyl (C=O) groups is 1. The van der Waals surface area contributed by atoms with E-state index in [0.717, 1.165) is 12.1 Å². The standard InChI is InChI=1S/C23H20F4N2O3/c1-2-18(13-30)29-21(31)15-10-20(14-5-3-7-17(24)9-14)22(28-12-15)32-19-8-4-6-16(11-19)23(25,26)27/h3-12,18,30H,2,13H2,1H3,(H,29,31)/t18-/m0/s1. The molecule has 0 fully saturated rings. The van der Waals surface area contributed by atoms with Crippen LogP contribution in [0.2, 0.25) is 0 Å². The Morgan fingerprint density at radius 1 is 1.16 bits per heavy atom. The molecule has 3 aromatic rings. The first kappa shape index (κ1) is 23.2. The van der Waals surface area contributed by atoms with E-state index in [0.29, 0.717) is 12.0 Å². The Labute approximate surface area is 181 Å². The average molecular weight is 448 g/mol. The molecule has 1 atom stereocenters. The van der Waals surface area contributed by atoms with Crippen LogP contribution in [-0.4, -0.2) is 28.6 Å². The van der Waals surface area contributed by atoms with Crippen LogP contribution >= 0.6 is 0 Å². The number of ether oxygens (including phenoxy) is 1. The van der Waals surface area contributed by atoms with Crippen LogP contribution < -0.4 is 10.1 Å². The van der Waals surface area contributed by atoms with Crippen LogP contribution in [0.15, 0.2) is 60.8 Å². The summed E-state index contributed by atoms with van der Waals surface area (Å²) >= 11 is 0. The molecule has 168 valence electrons. The number of amides is 1. The third-order valence-corrected chi connectivity index (χ3v) is 4.67. The van der Waals surface area contributed by atoms with Crippen LogP contribution in [0.4, 0.5) is 17.6 Å². The number of carbonyl (C=O) groups excluding carboxylic acids is 1. The molecular weight excluding hydrogens is 428 g/mol. The summed E-state index contributed by atoms with van der Waals surface area (Å²) in [7, 11) is 0. The van der Waals surface area contributed by atoms with Gasteiger partial charge in [0.05, 0.1) is 23.8 Å². The summed E-state index contributed by atoms with van der Waals surface area (Å²) in [5.41, 5.74) is -0.240. The lowest BCUT2D eigenvalue weighted by Crippen LogP contribution is -2.37. The van der Waals surface area contributed by atoms with Crippen molar-refractivity contribution in [3.8, 4) is 22.8 Å². The van der Waals surface area contributed by atoms with E-state index in [-0.39, 0.29) is 29.4 Å². The van der Waals surface area contributed by atoms with Crippen molar-refractivity contribution in [3.63, 3.8) is 0 Å². The number of alkyl halides is 3. The lowest BCUT2D eigenvalue weighted by atomic mass is 10.0. The smallest absolute Gasteiger partial charge is 0.416 e. The summed E-state index contributed by atoms with van der Waals surface area (Å²) in [6.45, 7) is 1.55. The molecule has 0 spiro atoms. The Bertz CT molecular complexity index is 1100. The summed E-state index contributed by atoms with van der Waals surface area (Å²) in [6, 6.07) is 10.6. The molecule has 2 aromatic carbocycles. The molecule has 1 heterocycles. The molecule has 9 heteroatoms. The fourth-order valence-corrected chi connectivity index (χ4v) is 2.91. The molecule has 0 saturated carbocycles. The second-order valence-corrected chi connectivity index (χ2v) is 6.98. The molecule has 1 amide bonds. The molecule has 0 saturated heterocycles. The molecule has 0 aliphatic heterocycles. The van der Waals surface area contributed by atoms with Crippen LogP contribution in [0.1, 0.15) is 29.3 Å². The van der Waals surface area contributed by atoms with Gasteiger partial charge in [0.1, 0.15) is 11.6 Å². The van der Waals surface area contributed by atoms with Gasteiger partial charge in [0.15, 0.2) is 0 Å². The number of aromatic nitrogens is 1. The number of rotatable bonds is 7. The van der Waals surface area contributed by atoms with Crippen molar-refractivity contribution < 1.29 is 32.2 Å². The van der Waals surface area contributed by atoms with Gasteiger partial charge in [-0.15, -0.1) is 0 Å². The van der Waals surface area contributed by atoms with E-state index in [1.54, 1.807) is 13.0 Å². The highest BCUT2D eigenvalue weighted by Crippen LogP contribution is 2.35. The maximum absolute atomic E-state index is 13.8. The molecule has 2 N–H and O–H groups in total. The number of halogens is 4. The molecule has 5 nitrogen and oxygen atoms in total. The highest BCUT2D eigenvalue weighted by atomic mass is 19.4. The largest absolute Gasteiger partial charge is 0.438 e. The number of aliphatic hydroxyl groups excluding tert-OH is 1. The summed E-state index contributed by atoms with van der Waals surface area (Å²) in [5, 5.41) is 11.9. The second-order valence-electron chi connectivity index (χ2n) is 6.98. The molecule has 0 bridgehead atoms. The number of aliphatic hydroxyl groups is 1. The zero-order chi connectivity index (χ0) is 23.3. The third-order valence-electron chi connectivity index (χ3n) is 4.67. The Morgan fingerprint density at radius 2 is 1.91 bits per heavy atom. The minimum Gasteiger partial charge on any atom is -0.438 e. The van der Waals surface area contributed by atoms with Gasteiger partial charge in [0.25, 0.3) is 5.91 Å². The minimum absolute atomic E-state index is 0.0966. The Hall–Kier alpha value is -3.46. The van der Waals surface area contributed by atoms with E-state index < -0.39 is 29.5 Å². The number of nitrogens with zero attached hydrogens (tertiary/aromatic N) is 1. The van der Waals surface area contributed by atoms with Gasteiger partial charge in [-0.2, -0.15) is 13.2 Å². The normalized spacial score (nSPS) is 12.3. The highest BCUT2D eigenvalue weighted by Gasteiger charge is 2.30. The monoisotopic (exact) mass is 448 g/mol. The van der Waals surface area contributed by atoms with Crippen LogP contribution in [0, 0.1) is 5.82 Å². The van der Waals surface area contributed by atoms with Crippen molar-refractivity contribution in [2.24, 2.45) is 0 Å². The number of nitrogens with one attached hydrogen (secondary N) is 1. The first-order valence-electron chi connectivity index (χ1n) is 9.74. The number of pyridine rings is 1. The topological polar surface area (TPSA) is 71.5 Å². The number of benzene rings is 2. The van der Waals surface area contributed by atoms with E-state index in [1.807, 2.05) is 0 Å². The second kappa shape index (κ2) is 9.78. The van der Waals surface area contributed by atoms with Gasteiger partial charge < -0.3 is 15.2 Å². The van der Waals surface area contributed by atoms with E-state index in [1.165, 1.54) is 42.6 Å². The number of hydrogen-bond donors (Lipinski definition) is 2. The SMILES string of the molecule is CC[C@@H](CO)NC(=O)c1cnc(Oc2cccc(C(F)(F)F)c2)c(-c2cccc(F)c2)c1. The van der Waals surface area contributed by atoms with Crippen molar-refractivity contribution >= 4 is 5.91 Å². The van der Waals surface area contributed by atoms with Crippen molar-refractivity contribution in [1.29, 1.82) is 0 Å². The van der Waals surface area contributed by atoms with Gasteiger partial charge in [-0.1, -0.05) is 25.1 Å². The first-order valence-corrected chi connectivity index (χ1v) is 9.74. The lowest BCUT2D eigenvalue weighted by molar-refractivity contribution is -0.137. The average Bonchev–Trinajstić information content (AvgIpc) is 2.77. The van der Waals surface area contributed by atoms with E-state index in [9.17, 15) is 27.5 Å². The molecule has 0 unspecified atom stereocenters. The summed E-state index contributed by atoms with van der Waals surface area (Å²) in [4.78, 5) is 16.6. The Balaban J connectivity index is 2.01. The van der Waals surface area contributed by atoms with Crippen LogP contribution in [0.25, 0.3) is 11.1 Å². The molecule has 3 rings (SSSR count). The Morgan fingerprint density at radius 3 is 2.56 bits per heavy atom. The van der Waals surface area contributed by atoms with Crippen LogP contribution in [0.3, 0.4) is 0 Å². The maximum Gasteiger partial charge on any atom is 0.416 e. The van der Waals surface area contributed by atoms with Crippen molar-refractivity contribution in [2.75, 3.05) is 6.61 Å². The molecule has 0 aliphatic carbocycles. The first-order chi connectivity index (χ1) is 15.2. The van der Waals surface area contributed by atoms with Gasteiger partial charge in [-0.05, 0) is 48.4 Å². The van der Waals surface area contributed by atoms with Crippen LogP contribution in [-0.2, 0) is 6.18 Å². The quantitative estimate of drug-likeness (QED) is 0.488. The van der Waals surface area contributed by atoms with Gasteiger partial charge in [0.2, 0.25) is 5.88 Å². The molecule has 0 aliphatic rings. The van der Waals surface area contributed by atoms with Crippen molar-refractivity contribution in [1.82, 2.24) is 10.3 Å². The third kappa shape index (κ3) is 5.61. The molecular formula is C23H20F4N2O3. The van der Waals surface area contributed by atoms with Crippen molar-refractivity contribution in [3.05, 3.63) is 77.7 Å². The summed E-state index contributed by atoms with van der Waals surface area (Å²) in [5.74, 6) is -1.27. The van der Waals surface area contributed by atoms with Crippen LogP contribution in [0.5, 0.6) is 11.6 Å². The van der Waals surface area contributed by atoms with Gasteiger partial charge in [0, 0.05) is 11.8 Å². The molecule has 0 radical (unpaired) electrons. The number of hydrogen-bond acceptors (Lipinski definition) is 4. The fraction of sp³-hybridized carbons (Fsp3) is 0.217. The zero-order valence-electron chi connectivity index (χ0n) is 17.0. The van der Waals surface area contributed by atoms with Crippen molar-refractivity contribution in [2.45, 2.75) is 25.6 Å². The zero-order valence-corrected chi connectivity index (χ0v) is 17.0. The summed E-state index contributed by atoms with van der Waals surface area (Å²) in [6.07, 6.45) is -2.85. The molecule has 32 heavy (non-hydrogen) atoms. The van der Waals surface area contributed by atoms with E-state index in [2.05, 4.69) is 10.3 Å². The predicted molar refractivity (Wildman–Crippen MR) is 110 cm³/mol. The Kier molecular flexibility index (Phi) is 7.09. The van der Waals surface area contributed by atoms with Gasteiger partial charge in [-0.3, -0.25) is 4.79 Å². The van der Waals surface area contributed by atoms with E-state index >= 15 is 0 Å². The lowest BCUT2D eigenvalue weighted by Gasteiger charge is -2.16. The summed E-state index contributed by atoms with van der Waals surface area (Å²) < 4.78 is 58.5. The van der Waals surface area contributed by atoms with Gasteiger partial charge in [-0.25, -0.2) is 9.37 Å². The van der Waals surface area contributed by atoms with Gasteiger partial charge >= 0.3 is 6.18 Å². The maximum atomic E-state index is 13.8. The van der Waals surface area contributed by atoms with E-state index in [4.69, 9.17) is 4.74 Å². The molecule has 1 aromatic heterocycles.